The van der Waals surface area contributed by atoms with Crippen LogP contribution < -0.4 is 5.32 Å². The second-order valence-corrected chi connectivity index (χ2v) is 7.14. The van der Waals surface area contributed by atoms with Crippen LogP contribution in [0.4, 0.5) is 0 Å². The molecule has 0 bridgehead atoms. The summed E-state index contributed by atoms with van der Waals surface area (Å²) in [7, 11) is 0. The van der Waals surface area contributed by atoms with E-state index in [0.29, 0.717) is 16.1 Å². The zero-order chi connectivity index (χ0) is 15.5. The molecule has 1 N–H and O–H groups in total. The van der Waals surface area contributed by atoms with Crippen LogP contribution in [0.1, 0.15) is 45.6 Å². The first-order chi connectivity index (χ1) is 9.99. The topological polar surface area (TPSA) is 15.3 Å². The number of halogens is 2. The number of nitrogens with one attached hydrogen (secondary N) is 1. The molecule has 0 aromatic heterocycles. The lowest BCUT2D eigenvalue weighted by atomic mass is 9.92. The maximum absolute atomic E-state index is 6.37. The number of piperazine rings is 1. The van der Waals surface area contributed by atoms with Gasteiger partial charge in [0.25, 0.3) is 0 Å². The molecule has 0 saturated carbocycles. The SMILES string of the molecule is CCCC1CNC(C)(CC)CN1Cc1cccc(Cl)c1Cl. The van der Waals surface area contributed by atoms with Crippen LogP contribution in [0, 0.1) is 0 Å². The molecule has 0 spiro atoms. The molecular weight excluding hydrogens is 303 g/mol. The van der Waals surface area contributed by atoms with Crippen molar-refractivity contribution in [2.45, 2.75) is 58.2 Å². The maximum Gasteiger partial charge on any atom is 0.0637 e. The van der Waals surface area contributed by atoms with Crippen LogP contribution >= 0.6 is 23.2 Å². The van der Waals surface area contributed by atoms with Gasteiger partial charge in [-0.25, -0.2) is 0 Å². The van der Waals surface area contributed by atoms with E-state index in [1.165, 1.54) is 12.8 Å². The van der Waals surface area contributed by atoms with Crippen LogP contribution in [-0.4, -0.2) is 29.6 Å². The summed E-state index contributed by atoms with van der Waals surface area (Å²) in [4.78, 5) is 2.57. The fraction of sp³-hybridized carbons (Fsp3) is 0.647. The second kappa shape index (κ2) is 7.32. The van der Waals surface area contributed by atoms with E-state index in [1.807, 2.05) is 12.1 Å². The molecule has 2 nitrogen and oxygen atoms in total. The highest BCUT2D eigenvalue weighted by atomic mass is 35.5. The van der Waals surface area contributed by atoms with Crippen molar-refractivity contribution in [3.05, 3.63) is 33.8 Å². The Morgan fingerprint density at radius 1 is 1.33 bits per heavy atom. The molecule has 2 unspecified atom stereocenters. The van der Waals surface area contributed by atoms with E-state index in [9.17, 15) is 0 Å². The number of hydrogen-bond donors (Lipinski definition) is 1. The van der Waals surface area contributed by atoms with Gasteiger partial charge in [0.05, 0.1) is 10.0 Å². The summed E-state index contributed by atoms with van der Waals surface area (Å²) in [6.45, 7) is 9.78. The first-order valence-electron chi connectivity index (χ1n) is 7.91. The fourth-order valence-electron chi connectivity index (χ4n) is 3.06. The lowest BCUT2D eigenvalue weighted by Gasteiger charge is -2.46. The summed E-state index contributed by atoms with van der Waals surface area (Å²) in [5.41, 5.74) is 1.32. The Bertz CT molecular complexity index is 478. The van der Waals surface area contributed by atoms with E-state index in [1.54, 1.807) is 0 Å². The predicted molar refractivity (Wildman–Crippen MR) is 92.3 cm³/mol. The van der Waals surface area contributed by atoms with Crippen molar-refractivity contribution >= 4 is 23.2 Å². The van der Waals surface area contributed by atoms with Crippen molar-refractivity contribution in [1.82, 2.24) is 10.2 Å². The molecule has 1 aromatic rings. The Hall–Kier alpha value is -0.280. The van der Waals surface area contributed by atoms with Crippen molar-refractivity contribution in [3.8, 4) is 0 Å². The average molecular weight is 329 g/mol. The fourth-order valence-corrected chi connectivity index (χ4v) is 3.44. The van der Waals surface area contributed by atoms with Gasteiger partial charge in [0, 0.05) is 31.2 Å². The molecule has 1 aromatic carbocycles. The van der Waals surface area contributed by atoms with Crippen LogP contribution in [0.25, 0.3) is 0 Å². The third-order valence-electron chi connectivity index (χ3n) is 4.64. The van der Waals surface area contributed by atoms with Crippen LogP contribution in [0.15, 0.2) is 18.2 Å². The standard InChI is InChI=1S/C17H26Cl2N2/c1-4-7-14-10-20-17(3,5-2)12-21(14)11-13-8-6-9-15(18)16(13)19/h6,8-9,14,20H,4-5,7,10-12H2,1-3H3. The van der Waals surface area contributed by atoms with E-state index in [-0.39, 0.29) is 5.54 Å². The minimum Gasteiger partial charge on any atom is -0.309 e. The molecule has 0 aliphatic carbocycles. The number of rotatable bonds is 5. The Labute approximate surface area is 138 Å². The second-order valence-electron chi connectivity index (χ2n) is 6.36. The van der Waals surface area contributed by atoms with Gasteiger partial charge >= 0.3 is 0 Å². The van der Waals surface area contributed by atoms with Gasteiger partial charge in [-0.1, -0.05) is 55.6 Å². The molecule has 21 heavy (non-hydrogen) atoms. The van der Waals surface area contributed by atoms with Gasteiger partial charge in [-0.15, -0.1) is 0 Å². The minimum absolute atomic E-state index is 0.190. The lowest BCUT2D eigenvalue weighted by molar-refractivity contribution is 0.0726. The minimum atomic E-state index is 0.190. The first-order valence-corrected chi connectivity index (χ1v) is 8.66. The summed E-state index contributed by atoms with van der Waals surface area (Å²) in [5.74, 6) is 0. The quantitative estimate of drug-likeness (QED) is 0.840. The maximum atomic E-state index is 6.37. The van der Waals surface area contributed by atoms with Crippen LogP contribution in [0.3, 0.4) is 0 Å². The summed E-state index contributed by atoms with van der Waals surface area (Å²) in [6.07, 6.45) is 3.55. The summed E-state index contributed by atoms with van der Waals surface area (Å²) >= 11 is 12.5. The van der Waals surface area contributed by atoms with Gasteiger partial charge in [-0.3, -0.25) is 4.90 Å². The Morgan fingerprint density at radius 2 is 2.10 bits per heavy atom. The summed E-state index contributed by atoms with van der Waals surface area (Å²) in [5, 5.41) is 5.07. The molecule has 118 valence electrons. The molecule has 1 fully saturated rings. The van der Waals surface area contributed by atoms with Crippen LogP contribution in [0.5, 0.6) is 0 Å². The van der Waals surface area contributed by atoms with Gasteiger partial charge in [-0.05, 0) is 31.4 Å². The largest absolute Gasteiger partial charge is 0.309 e. The monoisotopic (exact) mass is 328 g/mol. The lowest BCUT2D eigenvalue weighted by Crippen LogP contribution is -2.62. The van der Waals surface area contributed by atoms with Crippen LogP contribution in [0.2, 0.25) is 10.0 Å². The van der Waals surface area contributed by atoms with Crippen molar-refractivity contribution in [3.63, 3.8) is 0 Å². The molecule has 1 saturated heterocycles. The van der Waals surface area contributed by atoms with Gasteiger partial charge in [-0.2, -0.15) is 0 Å². The summed E-state index contributed by atoms with van der Waals surface area (Å²) < 4.78 is 0. The van der Waals surface area contributed by atoms with Gasteiger partial charge < -0.3 is 5.32 Å². The van der Waals surface area contributed by atoms with E-state index in [4.69, 9.17) is 23.2 Å². The smallest absolute Gasteiger partial charge is 0.0637 e. The molecule has 0 amide bonds. The Balaban J connectivity index is 2.17. The highest BCUT2D eigenvalue weighted by molar-refractivity contribution is 6.42. The van der Waals surface area contributed by atoms with Crippen LogP contribution in [-0.2, 0) is 6.54 Å². The molecule has 4 heteroatoms. The average Bonchev–Trinajstić information content (AvgIpc) is 2.47. The van der Waals surface area contributed by atoms with Gasteiger partial charge in [0.1, 0.15) is 0 Å². The number of nitrogens with zero attached hydrogens (tertiary/aromatic N) is 1. The van der Waals surface area contributed by atoms with Crippen molar-refractivity contribution in [1.29, 1.82) is 0 Å². The molecule has 0 radical (unpaired) electrons. The Kier molecular flexibility index (Phi) is 5.96. The van der Waals surface area contributed by atoms with Crippen molar-refractivity contribution < 1.29 is 0 Å². The van der Waals surface area contributed by atoms with E-state index >= 15 is 0 Å². The molecule has 1 aliphatic rings. The molecular formula is C17H26Cl2N2. The third-order valence-corrected chi connectivity index (χ3v) is 5.50. The first kappa shape index (κ1) is 17.1. The third kappa shape index (κ3) is 4.13. The molecule has 2 atom stereocenters. The van der Waals surface area contributed by atoms with Crippen molar-refractivity contribution in [2.75, 3.05) is 13.1 Å². The highest BCUT2D eigenvalue weighted by Crippen LogP contribution is 2.29. The van der Waals surface area contributed by atoms with E-state index < -0.39 is 0 Å². The number of benzene rings is 1. The predicted octanol–water partition coefficient (Wildman–Crippen LogP) is 4.74. The molecule has 1 heterocycles. The highest BCUT2D eigenvalue weighted by Gasteiger charge is 2.34. The van der Waals surface area contributed by atoms with Crippen molar-refractivity contribution in [2.24, 2.45) is 0 Å². The summed E-state index contributed by atoms with van der Waals surface area (Å²) in [6, 6.07) is 6.50. The molecule has 1 aliphatic heterocycles. The Morgan fingerprint density at radius 3 is 2.76 bits per heavy atom. The zero-order valence-electron chi connectivity index (χ0n) is 13.3. The number of hydrogen-bond acceptors (Lipinski definition) is 2. The van der Waals surface area contributed by atoms with E-state index in [0.717, 1.165) is 31.6 Å². The van der Waals surface area contributed by atoms with E-state index in [2.05, 4.69) is 37.1 Å². The zero-order valence-corrected chi connectivity index (χ0v) is 14.8. The van der Waals surface area contributed by atoms with Gasteiger partial charge in [0.2, 0.25) is 0 Å². The van der Waals surface area contributed by atoms with Gasteiger partial charge in [0.15, 0.2) is 0 Å². The normalized spacial score (nSPS) is 27.0. The molecule has 2 rings (SSSR count).